The number of carbonyl (C=O) groups excluding carboxylic acids is 3. The lowest BCUT2D eigenvalue weighted by Gasteiger charge is -2.09. The molecule has 4 rings (SSSR count). The van der Waals surface area contributed by atoms with Crippen molar-refractivity contribution in [3.8, 4) is 5.75 Å². The van der Waals surface area contributed by atoms with E-state index in [4.69, 9.17) is 16.3 Å². The molecule has 5 nitrogen and oxygen atoms in total. The van der Waals surface area contributed by atoms with Gasteiger partial charge in [-0.25, -0.2) is 0 Å². The Hall–Kier alpha value is -3.70. The predicted molar refractivity (Wildman–Crippen MR) is 120 cm³/mol. The zero-order valence-electron chi connectivity index (χ0n) is 16.6. The molecule has 3 aromatic rings. The van der Waals surface area contributed by atoms with Crippen LogP contribution in [0.15, 0.2) is 72.3 Å². The Morgan fingerprint density at radius 1 is 0.968 bits per heavy atom. The van der Waals surface area contributed by atoms with Crippen LogP contribution in [0.3, 0.4) is 0 Å². The lowest BCUT2D eigenvalue weighted by molar-refractivity contribution is -0.118. The summed E-state index contributed by atoms with van der Waals surface area (Å²) < 4.78 is 5.57. The van der Waals surface area contributed by atoms with E-state index in [1.807, 2.05) is 13.0 Å². The van der Waals surface area contributed by atoms with Crippen molar-refractivity contribution in [1.82, 2.24) is 0 Å². The van der Waals surface area contributed by atoms with Gasteiger partial charge < -0.3 is 10.1 Å². The lowest BCUT2D eigenvalue weighted by atomic mass is 10.1. The molecule has 31 heavy (non-hydrogen) atoms. The van der Waals surface area contributed by atoms with E-state index in [2.05, 4.69) is 5.32 Å². The number of amides is 1. The second-order valence-electron chi connectivity index (χ2n) is 7.14. The summed E-state index contributed by atoms with van der Waals surface area (Å²) in [4.78, 5) is 37.3. The maximum Gasteiger partial charge on any atom is 0.262 e. The number of nitrogens with one attached hydrogen (secondary N) is 1. The number of hydrogen-bond donors (Lipinski definition) is 1. The second-order valence-corrected chi connectivity index (χ2v) is 7.54. The molecule has 0 saturated carbocycles. The summed E-state index contributed by atoms with van der Waals surface area (Å²) >= 11 is 6.07. The van der Waals surface area contributed by atoms with Gasteiger partial charge in [0.1, 0.15) is 5.75 Å². The third kappa shape index (κ3) is 4.42. The molecule has 0 heterocycles. The summed E-state index contributed by atoms with van der Waals surface area (Å²) in [6, 6.07) is 18.9. The van der Waals surface area contributed by atoms with Crippen molar-refractivity contribution in [2.45, 2.75) is 6.92 Å². The van der Waals surface area contributed by atoms with E-state index in [9.17, 15) is 14.4 Å². The summed E-state index contributed by atoms with van der Waals surface area (Å²) in [7, 11) is 0. The van der Waals surface area contributed by atoms with Crippen LogP contribution in [-0.2, 0) is 4.79 Å². The van der Waals surface area contributed by atoms with Crippen LogP contribution in [0.4, 0.5) is 5.69 Å². The number of benzene rings is 3. The first-order chi connectivity index (χ1) is 14.9. The number of rotatable bonds is 5. The van der Waals surface area contributed by atoms with E-state index < -0.39 is 0 Å². The van der Waals surface area contributed by atoms with Crippen LogP contribution in [-0.4, -0.2) is 24.1 Å². The molecule has 3 aromatic carbocycles. The molecule has 6 heteroatoms. The predicted octanol–water partition coefficient (Wildman–Crippen LogP) is 5.13. The molecule has 0 fully saturated rings. The zero-order valence-corrected chi connectivity index (χ0v) is 17.4. The van der Waals surface area contributed by atoms with E-state index in [0.29, 0.717) is 33.1 Å². The number of Topliss-reactive ketones (excluding diaryl/α,β-unsaturated/α-hetero) is 2. The van der Waals surface area contributed by atoms with Crippen LogP contribution in [0.2, 0.25) is 5.02 Å². The highest BCUT2D eigenvalue weighted by atomic mass is 35.5. The van der Waals surface area contributed by atoms with Gasteiger partial charge in [-0.3, -0.25) is 14.4 Å². The van der Waals surface area contributed by atoms with Crippen LogP contribution < -0.4 is 10.1 Å². The van der Waals surface area contributed by atoms with Crippen molar-refractivity contribution in [2.24, 2.45) is 0 Å². The van der Waals surface area contributed by atoms with Crippen LogP contribution in [0, 0.1) is 6.92 Å². The highest BCUT2D eigenvalue weighted by Gasteiger charge is 2.32. The number of halogens is 1. The number of carbonyl (C=O) groups is 3. The minimum atomic E-state index is -0.333. The van der Waals surface area contributed by atoms with E-state index in [0.717, 1.165) is 5.56 Å². The molecule has 154 valence electrons. The first-order valence-corrected chi connectivity index (χ1v) is 9.99. The average Bonchev–Trinajstić information content (AvgIpc) is 3.00. The molecule has 0 bridgehead atoms. The fraction of sp³-hybridized carbons (Fsp3) is 0.0800. The SMILES string of the molecule is Cc1ccc(NC(=O)COc2cccc(C=C3C(=O)c4ccccc4C3=O)c2)cc1Cl. The fourth-order valence-corrected chi connectivity index (χ4v) is 3.46. The number of anilines is 1. The van der Waals surface area contributed by atoms with Crippen LogP contribution in [0.25, 0.3) is 6.08 Å². The zero-order chi connectivity index (χ0) is 22.0. The monoisotopic (exact) mass is 431 g/mol. The van der Waals surface area contributed by atoms with Crippen LogP contribution in [0.1, 0.15) is 31.8 Å². The summed E-state index contributed by atoms with van der Waals surface area (Å²) in [5.41, 5.74) is 3.09. The Labute approximate surface area is 184 Å². The summed E-state index contributed by atoms with van der Waals surface area (Å²) in [5.74, 6) is -0.465. The summed E-state index contributed by atoms with van der Waals surface area (Å²) in [6.45, 7) is 1.68. The maximum absolute atomic E-state index is 12.5. The van der Waals surface area contributed by atoms with Gasteiger partial charge in [-0.1, -0.05) is 54.1 Å². The third-order valence-corrected chi connectivity index (χ3v) is 5.31. The number of hydrogen-bond acceptors (Lipinski definition) is 4. The van der Waals surface area contributed by atoms with Crippen molar-refractivity contribution in [3.05, 3.63) is 99.6 Å². The van der Waals surface area contributed by atoms with Gasteiger partial charge in [0.2, 0.25) is 0 Å². The van der Waals surface area contributed by atoms with E-state index in [1.165, 1.54) is 0 Å². The third-order valence-electron chi connectivity index (χ3n) is 4.90. The molecular formula is C25H18ClNO4. The van der Waals surface area contributed by atoms with E-state index in [-0.39, 0.29) is 29.7 Å². The van der Waals surface area contributed by atoms with E-state index in [1.54, 1.807) is 66.7 Å². The largest absolute Gasteiger partial charge is 0.484 e. The van der Waals surface area contributed by atoms with Gasteiger partial charge in [0, 0.05) is 21.8 Å². The minimum Gasteiger partial charge on any atom is -0.484 e. The maximum atomic E-state index is 12.5. The average molecular weight is 432 g/mol. The molecule has 0 atom stereocenters. The Morgan fingerprint density at radius 3 is 2.35 bits per heavy atom. The van der Waals surface area contributed by atoms with Gasteiger partial charge >= 0.3 is 0 Å². The lowest BCUT2D eigenvalue weighted by Crippen LogP contribution is -2.20. The molecule has 1 aliphatic carbocycles. The van der Waals surface area contributed by atoms with Gasteiger partial charge in [0.05, 0.1) is 5.57 Å². The van der Waals surface area contributed by atoms with Gasteiger partial charge in [-0.15, -0.1) is 0 Å². The number of allylic oxidation sites excluding steroid dienone is 1. The summed E-state index contributed by atoms with van der Waals surface area (Å²) in [6.07, 6.45) is 1.55. The molecule has 1 N–H and O–H groups in total. The summed E-state index contributed by atoms with van der Waals surface area (Å²) in [5, 5.41) is 3.29. The molecular weight excluding hydrogens is 414 g/mol. The molecule has 1 amide bonds. The number of ketones is 2. The van der Waals surface area contributed by atoms with Crippen LogP contribution >= 0.6 is 11.6 Å². The molecule has 0 radical (unpaired) electrons. The van der Waals surface area contributed by atoms with Gasteiger partial charge in [0.15, 0.2) is 18.2 Å². The fourth-order valence-electron chi connectivity index (χ4n) is 3.28. The van der Waals surface area contributed by atoms with E-state index >= 15 is 0 Å². The Morgan fingerprint density at radius 2 is 1.68 bits per heavy atom. The second kappa shape index (κ2) is 8.58. The van der Waals surface area contributed by atoms with Crippen molar-refractivity contribution >= 4 is 40.8 Å². The molecule has 0 saturated heterocycles. The standard InChI is InChI=1S/C25H18ClNO4/c1-15-9-10-17(13-22(15)26)27-23(28)14-31-18-6-4-5-16(11-18)12-21-24(29)19-7-2-3-8-20(19)25(21)30/h2-13H,14H2,1H3,(H,27,28). The minimum absolute atomic E-state index is 0.118. The van der Waals surface area contributed by atoms with Crippen LogP contribution in [0.5, 0.6) is 5.75 Å². The molecule has 0 unspecified atom stereocenters. The van der Waals surface area contributed by atoms with Crippen molar-refractivity contribution in [2.75, 3.05) is 11.9 Å². The molecule has 1 aliphatic rings. The highest BCUT2D eigenvalue weighted by Crippen LogP contribution is 2.28. The Bertz CT molecular complexity index is 1210. The number of fused-ring (bicyclic) bond motifs is 1. The molecule has 0 aromatic heterocycles. The first-order valence-electron chi connectivity index (χ1n) is 9.61. The highest BCUT2D eigenvalue weighted by molar-refractivity contribution is 6.41. The number of ether oxygens (including phenoxy) is 1. The van der Waals surface area contributed by atoms with Gasteiger partial charge in [-0.05, 0) is 48.4 Å². The van der Waals surface area contributed by atoms with Crippen molar-refractivity contribution < 1.29 is 19.1 Å². The smallest absolute Gasteiger partial charge is 0.262 e. The molecule has 0 aliphatic heterocycles. The topological polar surface area (TPSA) is 72.5 Å². The first kappa shape index (κ1) is 20.6. The number of aryl methyl sites for hydroxylation is 1. The Kier molecular flexibility index (Phi) is 5.69. The quantitative estimate of drug-likeness (QED) is 0.449. The normalized spacial score (nSPS) is 12.5. The van der Waals surface area contributed by atoms with Gasteiger partial charge in [-0.2, -0.15) is 0 Å². The molecule has 0 spiro atoms. The van der Waals surface area contributed by atoms with Crippen molar-refractivity contribution in [3.63, 3.8) is 0 Å². The Balaban J connectivity index is 1.44. The van der Waals surface area contributed by atoms with Crippen molar-refractivity contribution in [1.29, 1.82) is 0 Å². The van der Waals surface area contributed by atoms with Gasteiger partial charge in [0.25, 0.3) is 5.91 Å².